The van der Waals surface area contributed by atoms with Crippen molar-refractivity contribution in [3.8, 4) is 0 Å². The van der Waals surface area contributed by atoms with Gasteiger partial charge in [-0.25, -0.2) is 0 Å². The van der Waals surface area contributed by atoms with Gasteiger partial charge in [-0.2, -0.15) is 0 Å². The maximum absolute atomic E-state index is 8.59. The summed E-state index contributed by atoms with van der Waals surface area (Å²) in [5, 5.41) is 10.4. The molecular formula is C5H10N2OS2. The van der Waals surface area contributed by atoms with E-state index in [1.807, 2.05) is 18.1 Å². The molecule has 1 aliphatic rings. The van der Waals surface area contributed by atoms with E-state index in [2.05, 4.69) is 12.8 Å². The van der Waals surface area contributed by atoms with Gasteiger partial charge in [0.1, 0.15) is 0 Å². The van der Waals surface area contributed by atoms with Crippen molar-refractivity contribution in [2.45, 2.75) is 6.92 Å². The Kier molecular flexibility index (Phi) is 2.91. The van der Waals surface area contributed by atoms with Crippen molar-refractivity contribution in [2.75, 3.05) is 13.2 Å². The van der Waals surface area contributed by atoms with Crippen LogP contribution >= 0.6 is 24.8 Å². The van der Waals surface area contributed by atoms with Crippen LogP contribution in [0.1, 0.15) is 6.92 Å². The zero-order valence-electron chi connectivity index (χ0n) is 5.69. The molecule has 0 saturated heterocycles. The second-order valence-corrected chi connectivity index (χ2v) is 3.79. The number of aliphatic hydroxyl groups is 1. The largest absolute Gasteiger partial charge is 0.394 e. The summed E-state index contributed by atoms with van der Waals surface area (Å²) in [6.07, 6.45) is 1.95. The van der Waals surface area contributed by atoms with Crippen molar-refractivity contribution in [3.63, 3.8) is 0 Å². The molecule has 0 aromatic rings. The summed E-state index contributed by atoms with van der Waals surface area (Å²) < 4.78 is 1.70. The first-order valence-electron chi connectivity index (χ1n) is 2.97. The van der Waals surface area contributed by atoms with E-state index >= 15 is 0 Å². The van der Waals surface area contributed by atoms with E-state index in [4.69, 9.17) is 5.11 Å². The van der Waals surface area contributed by atoms with Crippen molar-refractivity contribution in [1.82, 2.24) is 8.83 Å². The first-order chi connectivity index (χ1) is 4.74. The Morgan fingerprint density at radius 2 is 2.50 bits per heavy atom. The lowest BCUT2D eigenvalue weighted by atomic mass is 10.6. The summed E-state index contributed by atoms with van der Waals surface area (Å²) in [4.78, 5) is 1.18. The van der Waals surface area contributed by atoms with E-state index in [-0.39, 0.29) is 6.61 Å². The molecule has 0 fully saturated rings. The third kappa shape index (κ3) is 1.82. The molecule has 5 heteroatoms. The smallest absolute Gasteiger partial charge is 0.0623 e. The van der Waals surface area contributed by atoms with Crippen LogP contribution in [-0.4, -0.2) is 27.1 Å². The lowest BCUT2D eigenvalue weighted by Crippen LogP contribution is -2.25. The van der Waals surface area contributed by atoms with Crippen LogP contribution in [0, 0.1) is 0 Å². The van der Waals surface area contributed by atoms with E-state index < -0.39 is 0 Å². The number of allylic oxidation sites excluding steroid dienone is 1. The summed E-state index contributed by atoms with van der Waals surface area (Å²) in [6, 6.07) is 0. The van der Waals surface area contributed by atoms with Crippen LogP contribution in [0.2, 0.25) is 0 Å². The Bertz CT molecular complexity index is 151. The van der Waals surface area contributed by atoms with Gasteiger partial charge in [0.15, 0.2) is 0 Å². The number of rotatable bonds is 2. The Morgan fingerprint density at radius 1 is 1.80 bits per heavy atom. The maximum atomic E-state index is 8.59. The number of β-amino-alcohol motifs (C(OH)–C–C–N with tert-alkyl or cyclic N) is 1. The molecule has 1 heterocycles. The van der Waals surface area contributed by atoms with E-state index in [9.17, 15) is 0 Å². The predicted molar refractivity (Wildman–Crippen MR) is 46.0 cm³/mol. The van der Waals surface area contributed by atoms with Gasteiger partial charge in [0.05, 0.1) is 13.2 Å². The Labute approximate surface area is 70.3 Å². The van der Waals surface area contributed by atoms with Gasteiger partial charge in [-0.3, -0.25) is 5.01 Å². The van der Waals surface area contributed by atoms with E-state index in [1.54, 1.807) is 15.8 Å². The molecule has 0 saturated carbocycles. The average molecular weight is 178 g/mol. The zero-order chi connectivity index (χ0) is 7.56. The Hall–Kier alpha value is 0.160. The maximum Gasteiger partial charge on any atom is 0.0623 e. The van der Waals surface area contributed by atoms with Crippen LogP contribution in [0.25, 0.3) is 0 Å². The number of hydrazine groups is 1. The molecule has 0 spiro atoms. The first-order valence-corrected chi connectivity index (χ1v) is 4.14. The molecule has 3 nitrogen and oxygen atoms in total. The van der Waals surface area contributed by atoms with Crippen LogP contribution in [0.5, 0.6) is 0 Å². The molecule has 0 aromatic carbocycles. The molecule has 1 aliphatic heterocycles. The number of nitrogens with zero attached hydrogens (tertiary/aromatic N) is 2. The molecule has 0 atom stereocenters. The van der Waals surface area contributed by atoms with Gasteiger partial charge in [0.25, 0.3) is 0 Å². The highest BCUT2D eigenvalue weighted by Gasteiger charge is 2.16. The molecular weight excluding hydrogens is 168 g/mol. The summed E-state index contributed by atoms with van der Waals surface area (Å²) in [5.74, 6) is 0. The molecule has 0 unspecified atom stereocenters. The van der Waals surface area contributed by atoms with Crippen molar-refractivity contribution in [3.05, 3.63) is 11.1 Å². The number of hydrogen-bond donors (Lipinski definition) is 2. The quantitative estimate of drug-likeness (QED) is 0.484. The number of hydrogen-bond acceptors (Lipinski definition) is 5. The lowest BCUT2D eigenvalue weighted by molar-refractivity contribution is 0.183. The fourth-order valence-electron chi connectivity index (χ4n) is 0.717. The van der Waals surface area contributed by atoms with Gasteiger partial charge in [-0.05, 0) is 18.9 Å². The third-order valence-corrected chi connectivity index (χ3v) is 2.35. The van der Waals surface area contributed by atoms with Crippen LogP contribution in [-0.2, 0) is 0 Å². The minimum Gasteiger partial charge on any atom is -0.394 e. The van der Waals surface area contributed by atoms with E-state index in [1.165, 1.54) is 4.91 Å². The molecule has 10 heavy (non-hydrogen) atoms. The molecule has 0 aromatic heterocycles. The van der Waals surface area contributed by atoms with Crippen LogP contribution in [0.15, 0.2) is 11.1 Å². The molecule has 0 bridgehead atoms. The van der Waals surface area contributed by atoms with E-state index in [0.29, 0.717) is 6.54 Å². The lowest BCUT2D eigenvalue weighted by Gasteiger charge is -2.20. The van der Waals surface area contributed by atoms with Gasteiger partial charge in [-0.1, -0.05) is 12.8 Å². The Balaban J connectivity index is 2.44. The minimum atomic E-state index is 0.154. The molecule has 0 aliphatic carbocycles. The standard InChI is InChI=1S/C5H10N2OS2/c1-5-4-6(2-3-8)7(9)10-5/h4,8-9H,2-3H2,1H3. The average Bonchev–Trinajstić information content (AvgIpc) is 2.13. The van der Waals surface area contributed by atoms with Crippen molar-refractivity contribution in [2.24, 2.45) is 0 Å². The van der Waals surface area contributed by atoms with Crippen molar-refractivity contribution < 1.29 is 5.11 Å². The number of thiol groups is 1. The fourth-order valence-corrected chi connectivity index (χ4v) is 1.90. The fraction of sp³-hybridized carbons (Fsp3) is 0.600. The van der Waals surface area contributed by atoms with Gasteiger partial charge in [-0.15, -0.1) is 3.82 Å². The van der Waals surface area contributed by atoms with Gasteiger partial charge >= 0.3 is 0 Å². The topological polar surface area (TPSA) is 26.7 Å². The summed E-state index contributed by atoms with van der Waals surface area (Å²) in [7, 11) is 0. The number of aliphatic hydroxyl groups excluding tert-OH is 1. The van der Waals surface area contributed by atoms with Gasteiger partial charge in [0.2, 0.25) is 0 Å². The minimum absolute atomic E-state index is 0.154. The van der Waals surface area contributed by atoms with Crippen molar-refractivity contribution >= 4 is 24.8 Å². The highest BCUT2D eigenvalue weighted by atomic mass is 32.2. The second kappa shape index (κ2) is 3.52. The highest BCUT2D eigenvalue weighted by molar-refractivity contribution is 8.08. The monoisotopic (exact) mass is 178 g/mol. The first kappa shape index (κ1) is 8.26. The van der Waals surface area contributed by atoms with Gasteiger partial charge in [0, 0.05) is 11.1 Å². The molecule has 1 rings (SSSR count). The zero-order valence-corrected chi connectivity index (χ0v) is 7.40. The Morgan fingerprint density at radius 3 is 2.90 bits per heavy atom. The predicted octanol–water partition coefficient (Wildman–Crippen LogP) is 0.866. The summed E-state index contributed by atoms with van der Waals surface area (Å²) in [6.45, 7) is 2.76. The molecule has 0 radical (unpaired) electrons. The normalized spacial score (nSPS) is 19.9. The second-order valence-electron chi connectivity index (χ2n) is 1.97. The molecule has 0 amide bonds. The highest BCUT2D eigenvalue weighted by Crippen LogP contribution is 2.31. The molecule has 1 N–H and O–H groups in total. The van der Waals surface area contributed by atoms with Crippen LogP contribution < -0.4 is 0 Å². The van der Waals surface area contributed by atoms with E-state index in [0.717, 1.165) is 0 Å². The van der Waals surface area contributed by atoms with Crippen LogP contribution in [0.4, 0.5) is 0 Å². The summed E-state index contributed by atoms with van der Waals surface area (Å²) >= 11 is 5.68. The van der Waals surface area contributed by atoms with Crippen molar-refractivity contribution in [1.29, 1.82) is 0 Å². The van der Waals surface area contributed by atoms with Crippen LogP contribution in [0.3, 0.4) is 0 Å². The third-order valence-electron chi connectivity index (χ3n) is 1.11. The van der Waals surface area contributed by atoms with Gasteiger partial charge < -0.3 is 5.11 Å². The summed E-state index contributed by atoms with van der Waals surface area (Å²) in [5.41, 5.74) is 0. The molecule has 58 valence electrons. The SMILES string of the molecule is CC1=CN(CCO)N(S)S1.